The summed E-state index contributed by atoms with van der Waals surface area (Å²) < 4.78 is 0. The fraction of sp³-hybridized carbons (Fsp3) is 0.481. The molecule has 410 valence electrons. The number of H-pyrrole nitrogens is 2. The number of unbranched alkanes of at least 4 members (excludes halogenated alkanes) is 1. The SMILES string of the molecule is CCCC[C@H](NC(C)=O)C(=O)N[C@H]1CC(=O)NCCCC[C@@H](C(N)=O)NC(=O)[C@H](Cc2c[nH]c3ccccc23)NC(=O)[C@H](CCCN=C(N)N)NC(=O)[C@@H](Cc2ccccc2)N(C)C(=O)[C@H](Cc2cnc[nH]2)N(C)C1=O. The highest BCUT2D eigenvalue weighted by Gasteiger charge is 2.40. The number of guanidine groups is 1. The lowest BCUT2D eigenvalue weighted by Crippen LogP contribution is -2.61. The summed E-state index contributed by atoms with van der Waals surface area (Å²) in [6.45, 7) is 3.28. The highest BCUT2D eigenvalue weighted by atomic mass is 16.2. The predicted molar refractivity (Wildman–Crippen MR) is 283 cm³/mol. The predicted octanol–water partition coefficient (Wildman–Crippen LogP) is -0.564. The minimum absolute atomic E-state index is 0.0422. The van der Waals surface area contributed by atoms with Gasteiger partial charge in [-0.05, 0) is 55.7 Å². The number of aromatic nitrogens is 3. The molecule has 2 aromatic heterocycles. The summed E-state index contributed by atoms with van der Waals surface area (Å²) in [6.07, 6.45) is 5.89. The third kappa shape index (κ3) is 17.4. The van der Waals surface area contributed by atoms with Gasteiger partial charge in [0.1, 0.15) is 42.3 Å². The Bertz CT molecular complexity index is 2660. The number of nitrogens with one attached hydrogen (secondary N) is 8. The van der Waals surface area contributed by atoms with Gasteiger partial charge in [-0.1, -0.05) is 68.3 Å². The van der Waals surface area contributed by atoms with E-state index in [1.165, 1.54) is 38.4 Å². The van der Waals surface area contributed by atoms with Crippen LogP contribution in [0.2, 0.25) is 0 Å². The van der Waals surface area contributed by atoms with Crippen LogP contribution >= 0.6 is 0 Å². The largest absolute Gasteiger partial charge is 0.370 e. The van der Waals surface area contributed by atoms with Gasteiger partial charge in [0, 0.05) is 82.4 Å². The molecule has 1 saturated heterocycles. The quantitative estimate of drug-likeness (QED) is 0.0360. The molecule has 24 heteroatoms. The summed E-state index contributed by atoms with van der Waals surface area (Å²) in [5.41, 5.74) is 19.5. The Labute approximate surface area is 441 Å². The van der Waals surface area contributed by atoms with Crippen LogP contribution in [0.1, 0.15) is 88.5 Å². The number of aromatic amines is 2. The molecule has 1 aliphatic rings. The van der Waals surface area contributed by atoms with Crippen molar-refractivity contribution in [3.63, 3.8) is 0 Å². The number of imidazole rings is 1. The Balaban J connectivity index is 1.60. The maximum Gasteiger partial charge on any atom is 0.246 e. The van der Waals surface area contributed by atoms with Gasteiger partial charge in [0.15, 0.2) is 5.96 Å². The molecule has 9 amide bonds. The lowest BCUT2D eigenvalue weighted by atomic mass is 10.00. The molecule has 1 fully saturated rings. The average Bonchev–Trinajstić information content (AvgIpc) is 4.07. The zero-order valence-electron chi connectivity index (χ0n) is 43.6. The van der Waals surface area contributed by atoms with Crippen LogP contribution in [0.3, 0.4) is 0 Å². The van der Waals surface area contributed by atoms with Crippen molar-refractivity contribution >= 4 is 70.0 Å². The highest BCUT2D eigenvalue weighted by molar-refractivity contribution is 5.99. The Morgan fingerprint density at radius 2 is 1.50 bits per heavy atom. The van der Waals surface area contributed by atoms with E-state index in [0.717, 1.165) is 15.8 Å². The first kappa shape index (κ1) is 58.6. The van der Waals surface area contributed by atoms with Gasteiger partial charge in [0.05, 0.1) is 12.7 Å². The number of rotatable bonds is 17. The van der Waals surface area contributed by atoms with Crippen LogP contribution in [0.4, 0.5) is 0 Å². The van der Waals surface area contributed by atoms with E-state index in [-0.39, 0.29) is 76.8 Å². The summed E-state index contributed by atoms with van der Waals surface area (Å²) in [6, 6.07) is 6.94. The van der Waals surface area contributed by atoms with Crippen molar-refractivity contribution in [1.82, 2.24) is 56.7 Å². The van der Waals surface area contributed by atoms with Crippen LogP contribution in [0.5, 0.6) is 0 Å². The van der Waals surface area contributed by atoms with E-state index in [2.05, 4.69) is 51.8 Å². The smallest absolute Gasteiger partial charge is 0.246 e. The minimum atomic E-state index is -1.56. The summed E-state index contributed by atoms with van der Waals surface area (Å²) in [5.74, 6) is -6.78. The van der Waals surface area contributed by atoms with Crippen molar-refractivity contribution in [1.29, 1.82) is 0 Å². The highest BCUT2D eigenvalue weighted by Crippen LogP contribution is 2.21. The maximum atomic E-state index is 15.2. The second-order valence-corrected chi connectivity index (χ2v) is 19.0. The van der Waals surface area contributed by atoms with Gasteiger partial charge in [-0.2, -0.15) is 0 Å². The Morgan fingerprint density at radius 1 is 0.803 bits per heavy atom. The number of carbonyl (C=O) groups is 9. The number of nitrogens with two attached hydrogens (primary N) is 3. The number of fused-ring (bicyclic) bond motifs is 1. The van der Waals surface area contributed by atoms with E-state index in [9.17, 15) is 33.6 Å². The van der Waals surface area contributed by atoms with Gasteiger partial charge in [-0.15, -0.1) is 0 Å². The maximum absolute atomic E-state index is 15.2. The normalized spacial score (nSPS) is 21.4. The number of para-hydroxylation sites is 1. The van der Waals surface area contributed by atoms with Crippen LogP contribution < -0.4 is 49.1 Å². The molecule has 2 aromatic carbocycles. The summed E-state index contributed by atoms with van der Waals surface area (Å²) >= 11 is 0. The molecule has 0 aliphatic carbocycles. The van der Waals surface area contributed by atoms with Crippen LogP contribution in [-0.2, 0) is 62.4 Å². The fourth-order valence-corrected chi connectivity index (χ4v) is 8.98. The first-order valence-electron chi connectivity index (χ1n) is 25.6. The van der Waals surface area contributed by atoms with E-state index in [1.807, 2.05) is 31.2 Å². The number of aliphatic imine (C=N–C) groups is 1. The number of hydrogen-bond acceptors (Lipinski definition) is 11. The van der Waals surface area contributed by atoms with E-state index in [1.54, 1.807) is 36.5 Å². The molecule has 1 aliphatic heterocycles. The number of hydrogen-bond donors (Lipinski definition) is 11. The lowest BCUT2D eigenvalue weighted by molar-refractivity contribution is -0.149. The van der Waals surface area contributed by atoms with Crippen molar-refractivity contribution < 1.29 is 43.2 Å². The number of carbonyl (C=O) groups excluding carboxylic acids is 9. The van der Waals surface area contributed by atoms with Gasteiger partial charge < -0.3 is 68.9 Å². The Morgan fingerprint density at radius 3 is 2.18 bits per heavy atom. The molecule has 3 heterocycles. The van der Waals surface area contributed by atoms with Crippen molar-refractivity contribution in [3.05, 3.63) is 90.1 Å². The molecule has 0 radical (unpaired) electrons. The second-order valence-electron chi connectivity index (χ2n) is 19.0. The molecule has 4 aromatic rings. The summed E-state index contributed by atoms with van der Waals surface area (Å²) in [5, 5.41) is 17.2. The molecule has 0 spiro atoms. The number of likely N-dealkylation sites (N-methyl/N-ethyl adjacent to an activating group) is 2. The number of primary amides is 1. The molecule has 0 bridgehead atoms. The Hall–Kier alpha value is -8.31. The van der Waals surface area contributed by atoms with Gasteiger partial charge >= 0.3 is 0 Å². The van der Waals surface area contributed by atoms with Crippen molar-refractivity contribution in [3.8, 4) is 0 Å². The summed E-state index contributed by atoms with van der Waals surface area (Å²) in [4.78, 5) is 144. The molecular formula is C52H73N15O9. The molecule has 7 atom stereocenters. The summed E-state index contributed by atoms with van der Waals surface area (Å²) in [7, 11) is 2.73. The topological polar surface area (TPSA) is 367 Å². The van der Waals surface area contributed by atoms with Gasteiger partial charge in [-0.3, -0.25) is 48.1 Å². The van der Waals surface area contributed by atoms with Gasteiger partial charge in [0.25, 0.3) is 0 Å². The van der Waals surface area contributed by atoms with Crippen molar-refractivity contribution in [2.45, 2.75) is 133 Å². The van der Waals surface area contributed by atoms with E-state index < -0.39 is 102 Å². The number of amides is 9. The molecule has 24 nitrogen and oxygen atoms in total. The van der Waals surface area contributed by atoms with Crippen LogP contribution in [0.15, 0.2) is 78.3 Å². The third-order valence-corrected chi connectivity index (χ3v) is 13.2. The fourth-order valence-electron chi connectivity index (χ4n) is 8.98. The van der Waals surface area contributed by atoms with Crippen LogP contribution in [0.25, 0.3) is 10.9 Å². The molecular weight excluding hydrogens is 979 g/mol. The van der Waals surface area contributed by atoms with Gasteiger partial charge in [-0.25, -0.2) is 4.98 Å². The van der Waals surface area contributed by atoms with E-state index in [0.29, 0.717) is 29.7 Å². The molecule has 0 saturated carbocycles. The third-order valence-electron chi connectivity index (χ3n) is 13.2. The lowest BCUT2D eigenvalue weighted by Gasteiger charge is -2.36. The first-order valence-corrected chi connectivity index (χ1v) is 25.6. The molecule has 0 unspecified atom stereocenters. The monoisotopic (exact) mass is 1050 g/mol. The average molecular weight is 1050 g/mol. The van der Waals surface area contributed by atoms with Crippen LogP contribution in [-0.4, -0.2) is 153 Å². The minimum Gasteiger partial charge on any atom is -0.370 e. The van der Waals surface area contributed by atoms with Crippen molar-refractivity contribution in [2.24, 2.45) is 22.2 Å². The van der Waals surface area contributed by atoms with Crippen molar-refractivity contribution in [2.75, 3.05) is 27.2 Å². The number of benzene rings is 2. The standard InChI is InChI=1S/C52H73N15O9/c1-5-6-18-38(61-31(2)68)46(71)65-41-27-44(69)57-22-13-12-20-37(45(53)70)62-48(73)40(25-33-28-59-36-19-11-10-17-35(33)36)64-47(72)39(21-14-23-58-52(54)55)63-49(74)42(24-32-15-8-7-9-16-32)66(3)51(76)43(67(4)50(41)75)26-34-29-56-30-60-34/h7-11,15-17,19,28-30,37-43,59H,5-6,12-14,18,20-27H2,1-4H3,(H2,53,70)(H,56,60)(H,57,69)(H,61,68)(H,62,73)(H,63,74)(H,64,72)(H,65,71)(H4,54,55,58)/t37-,38-,39-,40-,41-,42+,43-/m0/s1. The first-order chi connectivity index (χ1) is 36.4. The molecule has 5 rings (SSSR count). The second kappa shape index (κ2) is 29.0. The zero-order valence-corrected chi connectivity index (χ0v) is 43.6. The zero-order chi connectivity index (χ0) is 55.3. The molecule has 76 heavy (non-hydrogen) atoms. The van der Waals surface area contributed by atoms with Crippen LogP contribution in [0, 0.1) is 0 Å². The van der Waals surface area contributed by atoms with E-state index >= 15 is 9.59 Å². The van der Waals surface area contributed by atoms with Gasteiger partial charge in [0.2, 0.25) is 53.2 Å². The molecule has 14 N–H and O–H groups in total. The van der Waals surface area contributed by atoms with E-state index in [4.69, 9.17) is 17.2 Å². The Kier molecular flexibility index (Phi) is 22.3. The number of nitrogens with zero attached hydrogens (tertiary/aromatic N) is 4.